The van der Waals surface area contributed by atoms with Crippen molar-refractivity contribution in [1.29, 1.82) is 0 Å². The Bertz CT molecular complexity index is 1100. The van der Waals surface area contributed by atoms with Gasteiger partial charge in [-0.15, -0.1) is 10.2 Å². The van der Waals surface area contributed by atoms with E-state index in [0.29, 0.717) is 22.6 Å². The van der Waals surface area contributed by atoms with Crippen molar-refractivity contribution < 1.29 is 9.53 Å². The van der Waals surface area contributed by atoms with Crippen LogP contribution in [0.2, 0.25) is 5.02 Å². The van der Waals surface area contributed by atoms with Gasteiger partial charge in [0.15, 0.2) is 11.0 Å². The van der Waals surface area contributed by atoms with Crippen LogP contribution in [0.1, 0.15) is 35.4 Å². The maximum Gasteiger partial charge on any atom is 0.234 e. The minimum atomic E-state index is -0.120. The van der Waals surface area contributed by atoms with Crippen molar-refractivity contribution in [2.45, 2.75) is 44.4 Å². The summed E-state index contributed by atoms with van der Waals surface area (Å²) in [6, 6.07) is 11.8. The van der Waals surface area contributed by atoms with Crippen molar-refractivity contribution in [1.82, 2.24) is 14.8 Å². The summed E-state index contributed by atoms with van der Waals surface area (Å²) in [6.07, 6.45) is 4.78. The van der Waals surface area contributed by atoms with Gasteiger partial charge in [-0.2, -0.15) is 0 Å². The first kappa shape index (κ1) is 21.7. The summed E-state index contributed by atoms with van der Waals surface area (Å²) in [4.78, 5) is 12.3. The van der Waals surface area contributed by atoms with E-state index in [9.17, 15) is 4.79 Å². The highest BCUT2D eigenvalue weighted by Crippen LogP contribution is 2.26. The van der Waals surface area contributed by atoms with Crippen LogP contribution in [0.4, 0.5) is 5.69 Å². The molecule has 31 heavy (non-hydrogen) atoms. The number of halogens is 1. The minimum absolute atomic E-state index is 0.120. The van der Waals surface area contributed by atoms with Crippen LogP contribution in [-0.4, -0.2) is 26.4 Å². The zero-order valence-corrected chi connectivity index (χ0v) is 19.2. The molecule has 0 radical (unpaired) electrons. The Hall–Kier alpha value is -2.51. The average Bonchev–Trinajstić information content (AvgIpc) is 3.13. The minimum Gasteiger partial charge on any atom is -0.486 e. The number of carbonyl (C=O) groups excluding carboxylic acids is 1. The summed E-state index contributed by atoms with van der Waals surface area (Å²) in [5, 5.41) is 12.6. The standard InChI is InChI=1S/C23H25ClN4O2S/c1-15-19(24)8-5-9-20(15)25-22(29)14-31-23-27-26-21(28(23)2)13-30-18-11-10-16-6-3-4-7-17(16)12-18/h5,8-12H,3-4,6-7,13-14H2,1-2H3,(H,25,29). The first-order valence-corrected chi connectivity index (χ1v) is 11.7. The Labute approximate surface area is 191 Å². The molecule has 2 aromatic carbocycles. The van der Waals surface area contributed by atoms with Crippen LogP contribution in [0, 0.1) is 6.92 Å². The van der Waals surface area contributed by atoms with Crippen LogP contribution in [0.25, 0.3) is 0 Å². The number of nitrogens with one attached hydrogen (secondary N) is 1. The Morgan fingerprint density at radius 1 is 1.19 bits per heavy atom. The predicted octanol–water partition coefficient (Wildman–Crippen LogP) is 4.97. The second-order valence-corrected chi connectivity index (χ2v) is 8.98. The molecule has 0 saturated carbocycles. The van der Waals surface area contributed by atoms with Crippen molar-refractivity contribution in [2.75, 3.05) is 11.1 Å². The van der Waals surface area contributed by atoms with Crippen molar-refractivity contribution in [3.63, 3.8) is 0 Å². The molecule has 1 aromatic heterocycles. The molecule has 0 bridgehead atoms. The number of carbonyl (C=O) groups is 1. The van der Waals surface area contributed by atoms with E-state index in [-0.39, 0.29) is 11.7 Å². The number of nitrogens with zero attached hydrogens (tertiary/aromatic N) is 3. The third-order valence-corrected chi connectivity index (χ3v) is 6.92. The monoisotopic (exact) mass is 456 g/mol. The lowest BCUT2D eigenvalue weighted by Crippen LogP contribution is -2.15. The number of benzene rings is 2. The number of aromatic nitrogens is 3. The van der Waals surface area contributed by atoms with Gasteiger partial charge in [0.1, 0.15) is 12.4 Å². The van der Waals surface area contributed by atoms with E-state index >= 15 is 0 Å². The summed E-state index contributed by atoms with van der Waals surface area (Å²) in [7, 11) is 1.88. The smallest absolute Gasteiger partial charge is 0.234 e. The fourth-order valence-corrected chi connectivity index (χ4v) is 4.51. The first-order chi connectivity index (χ1) is 15.0. The van der Waals surface area contributed by atoms with Crippen molar-refractivity contribution in [3.05, 3.63) is 63.9 Å². The lowest BCUT2D eigenvalue weighted by atomic mass is 9.92. The third kappa shape index (κ3) is 5.22. The van der Waals surface area contributed by atoms with Gasteiger partial charge in [0.2, 0.25) is 5.91 Å². The maximum absolute atomic E-state index is 12.3. The average molecular weight is 457 g/mol. The van der Waals surface area contributed by atoms with Crippen LogP contribution in [0.3, 0.4) is 0 Å². The Morgan fingerprint density at radius 2 is 2.00 bits per heavy atom. The van der Waals surface area contributed by atoms with Crippen LogP contribution in [-0.2, 0) is 31.3 Å². The highest BCUT2D eigenvalue weighted by Gasteiger charge is 2.14. The van der Waals surface area contributed by atoms with Gasteiger partial charge in [-0.05, 0) is 73.6 Å². The topological polar surface area (TPSA) is 69.0 Å². The second kappa shape index (κ2) is 9.75. The summed E-state index contributed by atoms with van der Waals surface area (Å²) in [6.45, 7) is 2.21. The van der Waals surface area contributed by atoms with Crippen LogP contribution in [0.5, 0.6) is 5.75 Å². The second-order valence-electron chi connectivity index (χ2n) is 7.63. The zero-order chi connectivity index (χ0) is 21.8. The Morgan fingerprint density at radius 3 is 2.84 bits per heavy atom. The molecule has 1 heterocycles. The Kier molecular flexibility index (Phi) is 6.83. The number of hydrogen-bond donors (Lipinski definition) is 1. The van der Waals surface area contributed by atoms with Gasteiger partial charge in [-0.3, -0.25) is 4.79 Å². The number of rotatable bonds is 7. The molecule has 0 atom stereocenters. The van der Waals surface area contributed by atoms with Gasteiger partial charge in [0.25, 0.3) is 0 Å². The number of ether oxygens (including phenoxy) is 1. The molecule has 6 nitrogen and oxygen atoms in total. The fraction of sp³-hybridized carbons (Fsp3) is 0.348. The van der Waals surface area contributed by atoms with E-state index in [1.807, 2.05) is 36.7 Å². The van der Waals surface area contributed by atoms with Crippen LogP contribution >= 0.6 is 23.4 Å². The van der Waals surface area contributed by atoms with E-state index in [0.717, 1.165) is 29.8 Å². The van der Waals surface area contributed by atoms with Crippen LogP contribution < -0.4 is 10.1 Å². The molecule has 0 fully saturated rings. The first-order valence-electron chi connectivity index (χ1n) is 10.3. The Balaban J connectivity index is 1.32. The SMILES string of the molecule is Cc1c(Cl)cccc1NC(=O)CSc1nnc(COc2ccc3c(c2)CCCC3)n1C. The highest BCUT2D eigenvalue weighted by molar-refractivity contribution is 7.99. The summed E-state index contributed by atoms with van der Waals surface area (Å²) in [5.41, 5.74) is 4.39. The number of hydrogen-bond acceptors (Lipinski definition) is 5. The summed E-state index contributed by atoms with van der Waals surface area (Å²) in [5.74, 6) is 1.68. The molecule has 1 aliphatic rings. The van der Waals surface area contributed by atoms with Crippen molar-refractivity contribution in [3.8, 4) is 5.75 Å². The summed E-state index contributed by atoms with van der Waals surface area (Å²) < 4.78 is 7.82. The molecule has 0 saturated heterocycles. The molecule has 3 aromatic rings. The molecule has 0 aliphatic heterocycles. The predicted molar refractivity (Wildman–Crippen MR) is 124 cm³/mol. The lowest BCUT2D eigenvalue weighted by Gasteiger charge is -2.16. The number of amides is 1. The van der Waals surface area contributed by atoms with Gasteiger partial charge in [-0.25, -0.2) is 0 Å². The molecule has 162 valence electrons. The van der Waals surface area contributed by atoms with E-state index < -0.39 is 0 Å². The molecule has 0 unspecified atom stereocenters. The van der Waals surface area contributed by atoms with Crippen molar-refractivity contribution in [2.24, 2.45) is 7.05 Å². The van der Waals surface area contributed by atoms with Gasteiger partial charge in [0.05, 0.1) is 5.75 Å². The van der Waals surface area contributed by atoms with Gasteiger partial charge in [0, 0.05) is 17.8 Å². The van der Waals surface area contributed by atoms with Crippen LogP contribution in [0.15, 0.2) is 41.6 Å². The number of aryl methyl sites for hydroxylation is 2. The number of fused-ring (bicyclic) bond motifs is 1. The molecule has 1 aliphatic carbocycles. The third-order valence-electron chi connectivity index (χ3n) is 5.49. The largest absolute Gasteiger partial charge is 0.486 e. The fourth-order valence-electron chi connectivity index (χ4n) is 3.60. The summed E-state index contributed by atoms with van der Waals surface area (Å²) >= 11 is 7.45. The lowest BCUT2D eigenvalue weighted by molar-refractivity contribution is -0.113. The number of anilines is 1. The zero-order valence-electron chi connectivity index (χ0n) is 17.7. The van der Waals surface area contributed by atoms with Gasteiger partial charge >= 0.3 is 0 Å². The number of thioether (sulfide) groups is 1. The van der Waals surface area contributed by atoms with Gasteiger partial charge < -0.3 is 14.6 Å². The molecule has 1 N–H and O–H groups in total. The van der Waals surface area contributed by atoms with Gasteiger partial charge in [-0.1, -0.05) is 35.5 Å². The normalized spacial score (nSPS) is 13.0. The van der Waals surface area contributed by atoms with E-state index in [1.165, 1.54) is 35.7 Å². The maximum atomic E-state index is 12.3. The van der Waals surface area contributed by atoms with Crippen molar-refractivity contribution >= 4 is 35.0 Å². The highest BCUT2D eigenvalue weighted by atomic mass is 35.5. The van der Waals surface area contributed by atoms with E-state index in [2.05, 4.69) is 27.6 Å². The molecule has 0 spiro atoms. The van der Waals surface area contributed by atoms with E-state index in [4.69, 9.17) is 16.3 Å². The molecule has 8 heteroatoms. The molecule has 1 amide bonds. The quantitative estimate of drug-likeness (QED) is 0.508. The molecular weight excluding hydrogens is 432 g/mol. The molecule has 4 rings (SSSR count). The molecular formula is C23H25ClN4O2S. The van der Waals surface area contributed by atoms with E-state index in [1.54, 1.807) is 6.07 Å².